The summed E-state index contributed by atoms with van der Waals surface area (Å²) in [5, 5.41) is 4.33. The van der Waals surface area contributed by atoms with Crippen LogP contribution >= 0.6 is 0 Å². The van der Waals surface area contributed by atoms with E-state index in [1.807, 2.05) is 44.2 Å². The third-order valence-electron chi connectivity index (χ3n) is 3.45. The molecule has 0 N–H and O–H groups in total. The van der Waals surface area contributed by atoms with Gasteiger partial charge in [-0.05, 0) is 30.9 Å². The van der Waals surface area contributed by atoms with Crippen LogP contribution in [0.5, 0.6) is 0 Å². The van der Waals surface area contributed by atoms with Crippen molar-refractivity contribution in [1.82, 2.24) is 9.78 Å². The van der Waals surface area contributed by atoms with Crippen molar-refractivity contribution in [3.05, 3.63) is 52.8 Å². The van der Waals surface area contributed by atoms with Gasteiger partial charge in [0, 0.05) is 12.1 Å². The molecule has 0 aliphatic carbocycles. The van der Waals surface area contributed by atoms with Gasteiger partial charge in [-0.25, -0.2) is 0 Å². The average Bonchev–Trinajstić information content (AvgIpc) is 2.78. The molecule has 1 heterocycles. The molecule has 106 valence electrons. The highest BCUT2D eigenvalue weighted by Crippen LogP contribution is 2.23. The Morgan fingerprint density at radius 1 is 1.20 bits per heavy atom. The van der Waals surface area contributed by atoms with Crippen LogP contribution in [0, 0.1) is 6.92 Å². The van der Waals surface area contributed by atoms with Crippen LogP contribution in [0.4, 0.5) is 0 Å². The fourth-order valence-corrected chi connectivity index (χ4v) is 2.24. The number of carbonyl (C=O) groups is 1. The van der Waals surface area contributed by atoms with Gasteiger partial charge in [-0.15, -0.1) is 0 Å². The predicted octanol–water partition coefficient (Wildman–Crippen LogP) is 3.74. The summed E-state index contributed by atoms with van der Waals surface area (Å²) >= 11 is 0. The molecule has 0 amide bonds. The number of ketones is 1. The van der Waals surface area contributed by atoms with Crippen LogP contribution in [-0.2, 0) is 12.0 Å². The fraction of sp³-hybridized carbons (Fsp3) is 0.412. The Labute approximate surface area is 120 Å². The number of aryl methyl sites for hydroxylation is 2. The van der Waals surface area contributed by atoms with Gasteiger partial charge in [-0.1, -0.05) is 45.0 Å². The van der Waals surface area contributed by atoms with Crippen molar-refractivity contribution in [2.75, 3.05) is 0 Å². The van der Waals surface area contributed by atoms with Crippen molar-refractivity contribution in [2.24, 2.45) is 0 Å². The van der Waals surface area contributed by atoms with Gasteiger partial charge in [0.25, 0.3) is 0 Å². The largest absolute Gasteiger partial charge is 0.287 e. The van der Waals surface area contributed by atoms with E-state index in [1.165, 1.54) is 5.56 Å². The van der Waals surface area contributed by atoms with Crippen LogP contribution in [0.1, 0.15) is 55.0 Å². The first kappa shape index (κ1) is 14.5. The van der Waals surface area contributed by atoms with E-state index in [9.17, 15) is 4.79 Å². The number of nitrogens with zero attached hydrogens (tertiary/aromatic N) is 2. The molecule has 2 rings (SSSR count). The zero-order chi connectivity index (χ0) is 14.9. The lowest BCUT2D eigenvalue weighted by molar-refractivity contribution is 0.102. The topological polar surface area (TPSA) is 34.9 Å². The normalized spacial score (nSPS) is 11.7. The zero-order valence-corrected chi connectivity index (χ0v) is 12.9. The maximum atomic E-state index is 12.5. The molecular formula is C17H22N2O. The van der Waals surface area contributed by atoms with Crippen LogP contribution in [0.15, 0.2) is 30.3 Å². The molecule has 0 fully saturated rings. The molecule has 2 aromatic rings. The summed E-state index contributed by atoms with van der Waals surface area (Å²) < 4.78 is 1.76. The number of benzene rings is 1. The third-order valence-corrected chi connectivity index (χ3v) is 3.45. The van der Waals surface area contributed by atoms with Gasteiger partial charge in [0.1, 0.15) is 5.69 Å². The maximum absolute atomic E-state index is 12.5. The van der Waals surface area contributed by atoms with E-state index in [2.05, 4.69) is 25.9 Å². The first-order valence-electron chi connectivity index (χ1n) is 7.02. The number of carbonyl (C=O) groups excluding carboxylic acids is 1. The van der Waals surface area contributed by atoms with Crippen LogP contribution < -0.4 is 0 Å². The quantitative estimate of drug-likeness (QED) is 0.796. The Bertz CT molecular complexity index is 615. The van der Waals surface area contributed by atoms with Crippen molar-refractivity contribution in [1.29, 1.82) is 0 Å². The summed E-state index contributed by atoms with van der Waals surface area (Å²) in [5.41, 5.74) is 3.58. The van der Waals surface area contributed by atoms with E-state index < -0.39 is 0 Å². The predicted molar refractivity (Wildman–Crippen MR) is 81.2 cm³/mol. The minimum atomic E-state index is 0.0351. The molecule has 0 unspecified atom stereocenters. The zero-order valence-electron chi connectivity index (χ0n) is 12.9. The van der Waals surface area contributed by atoms with E-state index >= 15 is 0 Å². The Morgan fingerprint density at radius 2 is 1.80 bits per heavy atom. The van der Waals surface area contributed by atoms with Crippen molar-refractivity contribution < 1.29 is 4.79 Å². The highest BCUT2D eigenvalue weighted by Gasteiger charge is 2.17. The molecule has 0 saturated carbocycles. The minimum Gasteiger partial charge on any atom is -0.287 e. The SMILES string of the molecule is CCn1nc(C)cc1C(=O)c1ccc(C(C)(C)C)cc1. The minimum absolute atomic E-state index is 0.0351. The molecular weight excluding hydrogens is 248 g/mol. The van der Waals surface area contributed by atoms with Crippen LogP contribution in [0.2, 0.25) is 0 Å². The molecule has 0 radical (unpaired) electrons. The number of hydrogen-bond acceptors (Lipinski definition) is 2. The Kier molecular flexibility index (Phi) is 3.80. The van der Waals surface area contributed by atoms with Crippen molar-refractivity contribution >= 4 is 5.78 Å². The molecule has 0 aliphatic rings. The fourth-order valence-electron chi connectivity index (χ4n) is 2.24. The van der Waals surface area contributed by atoms with Crippen molar-refractivity contribution in [3.8, 4) is 0 Å². The van der Waals surface area contributed by atoms with Crippen molar-refractivity contribution in [3.63, 3.8) is 0 Å². The van der Waals surface area contributed by atoms with Gasteiger partial charge >= 0.3 is 0 Å². The first-order valence-corrected chi connectivity index (χ1v) is 7.02. The van der Waals surface area contributed by atoms with Crippen molar-refractivity contribution in [2.45, 2.75) is 46.6 Å². The van der Waals surface area contributed by atoms with Gasteiger partial charge < -0.3 is 0 Å². The second kappa shape index (κ2) is 5.23. The standard InChI is InChI=1S/C17H22N2O/c1-6-19-15(11-12(2)18-19)16(20)13-7-9-14(10-8-13)17(3,4)5/h7-11H,6H2,1-5H3. The van der Waals surface area contributed by atoms with Gasteiger partial charge in [-0.3, -0.25) is 9.48 Å². The van der Waals surface area contributed by atoms with E-state index in [0.29, 0.717) is 17.8 Å². The summed E-state index contributed by atoms with van der Waals surface area (Å²) in [4.78, 5) is 12.5. The summed E-state index contributed by atoms with van der Waals surface area (Å²) in [6, 6.07) is 9.74. The van der Waals surface area contributed by atoms with Gasteiger partial charge in [0.05, 0.1) is 5.69 Å². The Morgan fingerprint density at radius 3 is 2.30 bits per heavy atom. The molecule has 1 aromatic heterocycles. The highest BCUT2D eigenvalue weighted by atomic mass is 16.1. The third kappa shape index (κ3) is 2.82. The van der Waals surface area contributed by atoms with E-state index in [0.717, 1.165) is 5.69 Å². The molecule has 3 heteroatoms. The molecule has 20 heavy (non-hydrogen) atoms. The second-order valence-corrected chi connectivity index (χ2v) is 6.14. The van der Waals surface area contributed by atoms with Gasteiger partial charge in [0.15, 0.2) is 0 Å². The summed E-state index contributed by atoms with van der Waals surface area (Å²) in [6.07, 6.45) is 0. The Hall–Kier alpha value is -1.90. The lowest BCUT2D eigenvalue weighted by Crippen LogP contribution is -2.13. The van der Waals surface area contributed by atoms with E-state index in [1.54, 1.807) is 4.68 Å². The second-order valence-electron chi connectivity index (χ2n) is 6.14. The highest BCUT2D eigenvalue weighted by molar-refractivity contribution is 6.08. The van der Waals surface area contributed by atoms with Gasteiger partial charge in [-0.2, -0.15) is 5.10 Å². The molecule has 0 bridgehead atoms. The van der Waals surface area contributed by atoms with Crippen LogP contribution in [-0.4, -0.2) is 15.6 Å². The number of aromatic nitrogens is 2. The smallest absolute Gasteiger partial charge is 0.211 e. The summed E-state index contributed by atoms with van der Waals surface area (Å²) in [5.74, 6) is 0.0351. The molecule has 3 nitrogen and oxygen atoms in total. The average molecular weight is 270 g/mol. The lowest BCUT2D eigenvalue weighted by atomic mass is 9.86. The maximum Gasteiger partial charge on any atom is 0.211 e. The van der Waals surface area contributed by atoms with Crippen LogP contribution in [0.3, 0.4) is 0 Å². The number of hydrogen-bond donors (Lipinski definition) is 0. The number of rotatable bonds is 3. The summed E-state index contributed by atoms with van der Waals surface area (Å²) in [7, 11) is 0. The molecule has 1 aromatic carbocycles. The monoisotopic (exact) mass is 270 g/mol. The first-order chi connectivity index (χ1) is 9.32. The van der Waals surface area contributed by atoms with Gasteiger partial charge in [0.2, 0.25) is 5.78 Å². The molecule has 0 atom stereocenters. The Balaban J connectivity index is 2.34. The summed E-state index contributed by atoms with van der Waals surface area (Å²) in [6.45, 7) is 11.1. The van der Waals surface area contributed by atoms with Crippen LogP contribution in [0.25, 0.3) is 0 Å². The molecule has 0 spiro atoms. The molecule has 0 aliphatic heterocycles. The van der Waals surface area contributed by atoms with E-state index in [4.69, 9.17) is 0 Å². The molecule has 0 saturated heterocycles. The van der Waals surface area contributed by atoms with E-state index in [-0.39, 0.29) is 11.2 Å². The lowest BCUT2D eigenvalue weighted by Gasteiger charge is -2.19.